The van der Waals surface area contributed by atoms with Crippen LogP contribution in [0.3, 0.4) is 0 Å². The molecule has 0 aliphatic carbocycles. The van der Waals surface area contributed by atoms with Crippen molar-refractivity contribution in [3.8, 4) is 23.0 Å². The van der Waals surface area contributed by atoms with Gasteiger partial charge in [0, 0.05) is 6.07 Å². The quantitative estimate of drug-likeness (QED) is 0.709. The highest BCUT2D eigenvalue weighted by Gasteiger charge is 2.15. The molecule has 0 spiro atoms. The van der Waals surface area contributed by atoms with Gasteiger partial charge in [0.25, 0.3) is 5.91 Å². The number of amides is 1. The molecule has 2 rings (SSSR count). The minimum absolute atomic E-state index is 0.238. The van der Waals surface area contributed by atoms with Gasteiger partial charge in [0.1, 0.15) is 11.5 Å². The summed E-state index contributed by atoms with van der Waals surface area (Å²) in [4.78, 5) is 24.2. The van der Waals surface area contributed by atoms with Gasteiger partial charge in [-0.05, 0) is 30.3 Å². The highest BCUT2D eigenvalue weighted by molar-refractivity contribution is 5.96. The van der Waals surface area contributed by atoms with Gasteiger partial charge in [-0.1, -0.05) is 0 Å². The van der Waals surface area contributed by atoms with Crippen molar-refractivity contribution in [3.05, 3.63) is 42.0 Å². The Bertz CT molecular complexity index is 820. The van der Waals surface area contributed by atoms with Crippen LogP contribution in [0.4, 0.5) is 5.69 Å². The average molecular weight is 375 g/mol. The van der Waals surface area contributed by atoms with Gasteiger partial charge in [-0.2, -0.15) is 0 Å². The Kier molecular flexibility index (Phi) is 6.87. The molecule has 1 amide bonds. The molecule has 0 radical (unpaired) electrons. The van der Waals surface area contributed by atoms with Gasteiger partial charge >= 0.3 is 5.97 Å². The maximum atomic E-state index is 12.1. The molecule has 0 heterocycles. The number of benzene rings is 2. The van der Waals surface area contributed by atoms with Crippen LogP contribution in [0.5, 0.6) is 23.0 Å². The highest BCUT2D eigenvalue weighted by atomic mass is 16.5. The van der Waals surface area contributed by atoms with E-state index in [4.69, 9.17) is 23.7 Å². The molecule has 8 heteroatoms. The Balaban J connectivity index is 1.98. The zero-order valence-corrected chi connectivity index (χ0v) is 15.5. The maximum absolute atomic E-state index is 12.1. The van der Waals surface area contributed by atoms with Crippen LogP contribution in [-0.4, -0.2) is 46.9 Å². The van der Waals surface area contributed by atoms with Crippen LogP contribution in [0, 0.1) is 0 Å². The molecular formula is C19H21NO7. The molecule has 144 valence electrons. The number of methoxy groups -OCH3 is 4. The first-order valence-electron chi connectivity index (χ1n) is 7.93. The molecule has 0 bridgehead atoms. The lowest BCUT2D eigenvalue weighted by Gasteiger charge is -2.12. The number of carbonyl (C=O) groups excluding carboxylic acids is 2. The van der Waals surface area contributed by atoms with Crippen LogP contribution < -0.4 is 24.3 Å². The predicted octanol–water partition coefficient (Wildman–Crippen LogP) is 2.52. The third-order valence-corrected chi connectivity index (χ3v) is 3.64. The molecule has 0 saturated carbocycles. The van der Waals surface area contributed by atoms with E-state index in [1.807, 2.05) is 0 Å². The molecule has 0 aliphatic heterocycles. The topological polar surface area (TPSA) is 92.3 Å². The lowest BCUT2D eigenvalue weighted by Crippen LogP contribution is -2.21. The molecular weight excluding hydrogens is 354 g/mol. The molecule has 0 atom stereocenters. The number of esters is 1. The Morgan fingerprint density at radius 2 is 1.52 bits per heavy atom. The fourth-order valence-corrected chi connectivity index (χ4v) is 2.27. The standard InChI is InChI=1S/C19H21NO7/c1-23-13-6-7-14(16(10-13)25-3)20-18(21)11-27-19(22)12-5-8-15(24-2)17(9-12)26-4/h5-10H,11H2,1-4H3,(H,20,21). The first kappa shape index (κ1) is 19.9. The van der Waals surface area contributed by atoms with Gasteiger partial charge in [-0.3, -0.25) is 4.79 Å². The van der Waals surface area contributed by atoms with Crippen LogP contribution >= 0.6 is 0 Å². The smallest absolute Gasteiger partial charge is 0.338 e. The molecule has 0 aromatic heterocycles. The summed E-state index contributed by atoms with van der Waals surface area (Å²) in [6.07, 6.45) is 0. The van der Waals surface area contributed by atoms with Crippen molar-refractivity contribution >= 4 is 17.6 Å². The number of hydrogen-bond acceptors (Lipinski definition) is 7. The molecule has 0 unspecified atom stereocenters. The number of anilines is 1. The molecule has 0 saturated heterocycles. The molecule has 2 aromatic carbocycles. The summed E-state index contributed by atoms with van der Waals surface area (Å²) in [5, 5.41) is 2.62. The van der Waals surface area contributed by atoms with Crippen molar-refractivity contribution in [1.29, 1.82) is 0 Å². The molecule has 1 N–H and O–H groups in total. The van der Waals surface area contributed by atoms with E-state index in [2.05, 4.69) is 5.32 Å². The first-order valence-corrected chi connectivity index (χ1v) is 7.93. The SMILES string of the molecule is COc1ccc(NC(=O)COC(=O)c2ccc(OC)c(OC)c2)c(OC)c1. The van der Waals surface area contributed by atoms with Crippen molar-refractivity contribution in [2.24, 2.45) is 0 Å². The molecule has 27 heavy (non-hydrogen) atoms. The molecule has 0 fully saturated rings. The number of ether oxygens (including phenoxy) is 5. The van der Waals surface area contributed by atoms with Crippen LogP contribution in [0.2, 0.25) is 0 Å². The minimum atomic E-state index is -0.659. The Labute approximate surface area is 156 Å². The monoisotopic (exact) mass is 375 g/mol. The lowest BCUT2D eigenvalue weighted by molar-refractivity contribution is -0.119. The second-order valence-electron chi connectivity index (χ2n) is 5.26. The highest BCUT2D eigenvalue weighted by Crippen LogP contribution is 2.29. The summed E-state index contributed by atoms with van der Waals surface area (Å²) >= 11 is 0. The molecule has 0 aliphatic rings. The second kappa shape index (κ2) is 9.33. The van der Waals surface area contributed by atoms with Crippen molar-refractivity contribution in [2.45, 2.75) is 0 Å². The minimum Gasteiger partial charge on any atom is -0.497 e. The number of rotatable bonds is 8. The summed E-state index contributed by atoms with van der Waals surface area (Å²) in [5.41, 5.74) is 0.674. The Morgan fingerprint density at radius 3 is 2.15 bits per heavy atom. The Morgan fingerprint density at radius 1 is 0.815 bits per heavy atom. The number of carbonyl (C=O) groups is 2. The number of hydrogen-bond donors (Lipinski definition) is 1. The zero-order chi connectivity index (χ0) is 19.8. The fourth-order valence-electron chi connectivity index (χ4n) is 2.27. The van der Waals surface area contributed by atoms with Crippen LogP contribution in [0.15, 0.2) is 36.4 Å². The fraction of sp³-hybridized carbons (Fsp3) is 0.263. The van der Waals surface area contributed by atoms with E-state index in [0.717, 1.165) is 0 Å². The molecule has 8 nitrogen and oxygen atoms in total. The van der Waals surface area contributed by atoms with E-state index < -0.39 is 18.5 Å². The van der Waals surface area contributed by atoms with Gasteiger partial charge in [-0.25, -0.2) is 4.79 Å². The number of nitrogens with one attached hydrogen (secondary N) is 1. The van der Waals surface area contributed by atoms with Gasteiger partial charge in [-0.15, -0.1) is 0 Å². The van der Waals surface area contributed by atoms with Crippen LogP contribution in [-0.2, 0) is 9.53 Å². The van der Waals surface area contributed by atoms with E-state index in [1.54, 1.807) is 24.3 Å². The average Bonchev–Trinajstić information content (AvgIpc) is 2.71. The van der Waals surface area contributed by atoms with E-state index >= 15 is 0 Å². The van der Waals surface area contributed by atoms with E-state index in [0.29, 0.717) is 28.7 Å². The summed E-state index contributed by atoms with van der Waals surface area (Å²) in [6.45, 7) is -0.456. The van der Waals surface area contributed by atoms with Gasteiger partial charge in [0.05, 0.1) is 39.7 Å². The van der Waals surface area contributed by atoms with Crippen molar-refractivity contribution in [1.82, 2.24) is 0 Å². The summed E-state index contributed by atoms with van der Waals surface area (Å²) in [7, 11) is 5.96. The summed E-state index contributed by atoms with van der Waals surface area (Å²) in [5.74, 6) is 0.719. The normalized spacial score (nSPS) is 9.93. The van der Waals surface area contributed by atoms with Crippen molar-refractivity contribution in [2.75, 3.05) is 40.4 Å². The maximum Gasteiger partial charge on any atom is 0.338 e. The van der Waals surface area contributed by atoms with Gasteiger partial charge in [0.2, 0.25) is 0 Å². The van der Waals surface area contributed by atoms with E-state index in [1.165, 1.54) is 40.6 Å². The lowest BCUT2D eigenvalue weighted by atomic mass is 10.2. The largest absolute Gasteiger partial charge is 0.497 e. The first-order chi connectivity index (χ1) is 13.0. The van der Waals surface area contributed by atoms with Gasteiger partial charge < -0.3 is 29.0 Å². The van der Waals surface area contributed by atoms with E-state index in [-0.39, 0.29) is 5.56 Å². The van der Waals surface area contributed by atoms with Gasteiger partial charge in [0.15, 0.2) is 18.1 Å². The van der Waals surface area contributed by atoms with Crippen molar-refractivity contribution in [3.63, 3.8) is 0 Å². The third kappa shape index (κ3) is 5.04. The second-order valence-corrected chi connectivity index (χ2v) is 5.26. The van der Waals surface area contributed by atoms with Crippen LogP contribution in [0.25, 0.3) is 0 Å². The van der Waals surface area contributed by atoms with Crippen LogP contribution in [0.1, 0.15) is 10.4 Å². The van der Waals surface area contributed by atoms with Crippen molar-refractivity contribution < 1.29 is 33.3 Å². The third-order valence-electron chi connectivity index (χ3n) is 3.64. The predicted molar refractivity (Wildman–Crippen MR) is 98.0 cm³/mol. The Hall–Kier alpha value is -3.42. The summed E-state index contributed by atoms with van der Waals surface area (Å²) < 4.78 is 25.6. The summed E-state index contributed by atoms with van der Waals surface area (Å²) in [6, 6.07) is 9.52. The zero-order valence-electron chi connectivity index (χ0n) is 15.5. The molecule has 2 aromatic rings. The van der Waals surface area contributed by atoms with E-state index in [9.17, 15) is 9.59 Å².